The summed E-state index contributed by atoms with van der Waals surface area (Å²) < 4.78 is 14.1. The Bertz CT molecular complexity index is 955. The van der Waals surface area contributed by atoms with Gasteiger partial charge < -0.3 is 10.6 Å². The van der Waals surface area contributed by atoms with E-state index >= 15 is 0 Å². The number of nitrogens with zero attached hydrogens (tertiary/aromatic N) is 1. The second kappa shape index (κ2) is 8.05. The Morgan fingerprint density at radius 3 is 2.73 bits per heavy atom. The Kier molecular flexibility index (Phi) is 5.58. The molecule has 26 heavy (non-hydrogen) atoms. The second-order valence-electron chi connectivity index (χ2n) is 5.85. The maximum Gasteiger partial charge on any atom is 0.228 e. The summed E-state index contributed by atoms with van der Waals surface area (Å²) in [6.45, 7) is 1.94. The van der Waals surface area contributed by atoms with Crippen LogP contribution in [0.1, 0.15) is 25.3 Å². The van der Waals surface area contributed by atoms with Crippen molar-refractivity contribution in [2.24, 2.45) is 0 Å². The summed E-state index contributed by atoms with van der Waals surface area (Å²) in [7, 11) is 0. The number of nitrogens with one attached hydrogen (secondary N) is 2. The second-order valence-corrected chi connectivity index (χ2v) is 6.89. The number of amides is 2. The van der Waals surface area contributed by atoms with E-state index in [0.29, 0.717) is 17.2 Å². The summed E-state index contributed by atoms with van der Waals surface area (Å²) in [5.74, 6) is -0.677. The van der Waals surface area contributed by atoms with Crippen LogP contribution in [0.25, 0.3) is 10.2 Å². The van der Waals surface area contributed by atoms with E-state index in [1.807, 2.05) is 25.1 Å². The van der Waals surface area contributed by atoms with Crippen LogP contribution >= 0.6 is 11.3 Å². The van der Waals surface area contributed by atoms with Crippen molar-refractivity contribution < 1.29 is 14.0 Å². The van der Waals surface area contributed by atoms with E-state index in [9.17, 15) is 14.0 Å². The molecule has 0 fully saturated rings. The van der Waals surface area contributed by atoms with Crippen LogP contribution in [-0.2, 0) is 16.0 Å². The highest BCUT2D eigenvalue weighted by molar-refractivity contribution is 7.22. The quantitative estimate of drug-likeness (QED) is 0.676. The molecule has 0 bridgehead atoms. The molecule has 7 heteroatoms. The van der Waals surface area contributed by atoms with Gasteiger partial charge in [0.15, 0.2) is 5.13 Å². The molecule has 0 aliphatic rings. The van der Waals surface area contributed by atoms with Crippen molar-refractivity contribution in [1.29, 1.82) is 0 Å². The van der Waals surface area contributed by atoms with Gasteiger partial charge in [-0.1, -0.05) is 30.4 Å². The Morgan fingerprint density at radius 1 is 1.12 bits per heavy atom. The van der Waals surface area contributed by atoms with Crippen LogP contribution in [0.15, 0.2) is 42.5 Å². The number of benzene rings is 2. The van der Waals surface area contributed by atoms with Crippen molar-refractivity contribution in [3.8, 4) is 0 Å². The number of hydrogen-bond donors (Lipinski definition) is 2. The minimum absolute atomic E-state index is 0.0544. The average molecular weight is 371 g/mol. The number of halogens is 1. The number of carbonyl (C=O) groups is 2. The summed E-state index contributed by atoms with van der Waals surface area (Å²) in [6.07, 6.45) is 1.41. The minimum atomic E-state index is -0.397. The maximum absolute atomic E-state index is 13.2. The normalized spacial score (nSPS) is 10.7. The molecule has 134 valence electrons. The van der Waals surface area contributed by atoms with Gasteiger partial charge >= 0.3 is 0 Å². The standard InChI is InChI=1S/C19H18FN3O2S/c1-2-4-17(24)23-19-22-15-8-7-12(9-16(15)26-19)10-18(25)21-14-6-3-5-13(20)11-14/h3,5-9,11H,2,4,10H2,1H3,(H,21,25)(H,22,23,24). The third-order valence-electron chi connectivity index (χ3n) is 3.65. The molecule has 3 rings (SSSR count). The molecule has 0 atom stereocenters. The summed E-state index contributed by atoms with van der Waals surface area (Å²) in [4.78, 5) is 28.2. The topological polar surface area (TPSA) is 71.1 Å². The molecule has 0 unspecified atom stereocenters. The fourth-order valence-electron chi connectivity index (χ4n) is 2.50. The lowest BCUT2D eigenvalue weighted by Gasteiger charge is -2.05. The zero-order valence-electron chi connectivity index (χ0n) is 14.2. The SMILES string of the molecule is CCCC(=O)Nc1nc2ccc(CC(=O)Nc3cccc(F)c3)cc2s1. The number of anilines is 2. The third kappa shape index (κ3) is 4.64. The van der Waals surface area contributed by atoms with E-state index in [4.69, 9.17) is 0 Å². The number of hydrogen-bond acceptors (Lipinski definition) is 4. The molecule has 1 aromatic heterocycles. The molecular weight excluding hydrogens is 353 g/mol. The van der Waals surface area contributed by atoms with Crippen molar-refractivity contribution >= 4 is 44.2 Å². The smallest absolute Gasteiger partial charge is 0.228 e. The van der Waals surface area contributed by atoms with Gasteiger partial charge in [0.05, 0.1) is 16.6 Å². The Balaban J connectivity index is 1.68. The van der Waals surface area contributed by atoms with E-state index < -0.39 is 5.82 Å². The first-order chi connectivity index (χ1) is 12.5. The van der Waals surface area contributed by atoms with Crippen molar-refractivity contribution in [1.82, 2.24) is 4.98 Å². The largest absolute Gasteiger partial charge is 0.326 e. The lowest BCUT2D eigenvalue weighted by molar-refractivity contribution is -0.116. The molecule has 0 spiro atoms. The van der Waals surface area contributed by atoms with Crippen LogP contribution in [0.4, 0.5) is 15.2 Å². The molecule has 0 saturated carbocycles. The molecule has 0 aliphatic carbocycles. The summed E-state index contributed by atoms with van der Waals surface area (Å²) in [6, 6.07) is 11.3. The van der Waals surface area contributed by atoms with Crippen molar-refractivity contribution in [3.63, 3.8) is 0 Å². The van der Waals surface area contributed by atoms with E-state index in [-0.39, 0.29) is 18.2 Å². The summed E-state index contributed by atoms with van der Waals surface area (Å²) in [5, 5.41) is 6.02. The van der Waals surface area contributed by atoms with Crippen molar-refractivity contribution in [3.05, 3.63) is 53.8 Å². The summed E-state index contributed by atoms with van der Waals surface area (Å²) in [5.41, 5.74) is 2.02. The van der Waals surface area contributed by atoms with Gasteiger partial charge in [-0.15, -0.1) is 0 Å². The van der Waals surface area contributed by atoms with Gasteiger partial charge in [0.1, 0.15) is 5.82 Å². The third-order valence-corrected chi connectivity index (χ3v) is 4.58. The Morgan fingerprint density at radius 2 is 1.96 bits per heavy atom. The first-order valence-electron chi connectivity index (χ1n) is 8.28. The van der Waals surface area contributed by atoms with Crippen LogP contribution in [0.3, 0.4) is 0 Å². The van der Waals surface area contributed by atoms with Gasteiger partial charge in [-0.05, 0) is 42.3 Å². The Labute approximate surface area is 154 Å². The van der Waals surface area contributed by atoms with E-state index in [1.165, 1.54) is 23.5 Å². The van der Waals surface area contributed by atoms with Gasteiger partial charge in [-0.3, -0.25) is 9.59 Å². The molecular formula is C19H18FN3O2S. The zero-order valence-corrected chi connectivity index (χ0v) is 15.0. The predicted octanol–water partition coefficient (Wildman–Crippen LogP) is 4.36. The minimum Gasteiger partial charge on any atom is -0.326 e. The van der Waals surface area contributed by atoms with Crippen LogP contribution in [0.2, 0.25) is 0 Å². The number of fused-ring (bicyclic) bond motifs is 1. The predicted molar refractivity (Wildman–Crippen MR) is 102 cm³/mol. The molecule has 2 aromatic carbocycles. The number of aromatic nitrogens is 1. The number of carbonyl (C=O) groups excluding carboxylic acids is 2. The van der Waals surface area contributed by atoms with E-state index in [0.717, 1.165) is 22.2 Å². The number of rotatable bonds is 6. The van der Waals surface area contributed by atoms with Gasteiger partial charge in [-0.25, -0.2) is 9.37 Å². The van der Waals surface area contributed by atoms with Gasteiger partial charge in [0.25, 0.3) is 0 Å². The molecule has 0 radical (unpaired) electrons. The van der Waals surface area contributed by atoms with Crippen molar-refractivity contribution in [2.45, 2.75) is 26.2 Å². The lowest BCUT2D eigenvalue weighted by atomic mass is 10.1. The first-order valence-corrected chi connectivity index (χ1v) is 9.10. The van der Waals surface area contributed by atoms with Gasteiger partial charge in [-0.2, -0.15) is 0 Å². The van der Waals surface area contributed by atoms with Crippen LogP contribution in [0.5, 0.6) is 0 Å². The fourth-order valence-corrected chi connectivity index (χ4v) is 3.44. The van der Waals surface area contributed by atoms with Gasteiger partial charge in [0, 0.05) is 12.1 Å². The van der Waals surface area contributed by atoms with Crippen LogP contribution in [0, 0.1) is 5.82 Å². The molecule has 1 heterocycles. The van der Waals surface area contributed by atoms with Crippen LogP contribution in [-0.4, -0.2) is 16.8 Å². The van der Waals surface area contributed by atoms with Gasteiger partial charge in [0.2, 0.25) is 11.8 Å². The Hall–Kier alpha value is -2.80. The van der Waals surface area contributed by atoms with E-state index in [2.05, 4.69) is 15.6 Å². The fraction of sp³-hybridized carbons (Fsp3) is 0.211. The molecule has 2 amide bonds. The highest BCUT2D eigenvalue weighted by Gasteiger charge is 2.10. The first kappa shape index (κ1) is 18.0. The van der Waals surface area contributed by atoms with Crippen LogP contribution < -0.4 is 10.6 Å². The highest BCUT2D eigenvalue weighted by Crippen LogP contribution is 2.27. The van der Waals surface area contributed by atoms with Crippen molar-refractivity contribution in [2.75, 3.05) is 10.6 Å². The highest BCUT2D eigenvalue weighted by atomic mass is 32.1. The number of thiazole rings is 1. The monoisotopic (exact) mass is 371 g/mol. The molecule has 0 saturated heterocycles. The molecule has 5 nitrogen and oxygen atoms in total. The molecule has 2 N–H and O–H groups in total. The maximum atomic E-state index is 13.2. The van der Waals surface area contributed by atoms with E-state index in [1.54, 1.807) is 12.1 Å². The lowest BCUT2D eigenvalue weighted by Crippen LogP contribution is -2.14. The molecule has 3 aromatic rings. The summed E-state index contributed by atoms with van der Waals surface area (Å²) >= 11 is 1.37. The average Bonchev–Trinajstić information content (AvgIpc) is 2.96. The zero-order chi connectivity index (χ0) is 18.5. The molecule has 0 aliphatic heterocycles.